The van der Waals surface area contributed by atoms with Crippen molar-refractivity contribution in [3.63, 3.8) is 0 Å². The highest BCUT2D eigenvalue weighted by Gasteiger charge is 2.20. The Morgan fingerprint density at radius 2 is 1.95 bits per heavy atom. The third kappa shape index (κ3) is 4.18. The van der Waals surface area contributed by atoms with Crippen LogP contribution in [0.1, 0.15) is 31.2 Å². The minimum absolute atomic E-state index is 0.447. The average Bonchev–Trinajstić information content (AvgIpc) is 2.41. The lowest BCUT2D eigenvalue weighted by Crippen LogP contribution is -2.34. The molecule has 0 bridgehead atoms. The molecule has 0 aliphatic heterocycles. The maximum atomic E-state index is 6.08. The van der Waals surface area contributed by atoms with Crippen LogP contribution in [-0.4, -0.2) is 19.3 Å². The van der Waals surface area contributed by atoms with Crippen molar-refractivity contribution in [2.75, 3.05) is 12.8 Å². The molecule has 0 unspecified atom stereocenters. The van der Waals surface area contributed by atoms with Gasteiger partial charge >= 0.3 is 0 Å². The van der Waals surface area contributed by atoms with Gasteiger partial charge in [0.25, 0.3) is 0 Å². The fourth-order valence-electron chi connectivity index (χ4n) is 2.54. The molecule has 3 nitrogen and oxygen atoms in total. The maximum Gasteiger partial charge on any atom is 0.0572 e. The van der Waals surface area contributed by atoms with Crippen LogP contribution in [0.25, 0.3) is 0 Å². The first-order valence-corrected chi connectivity index (χ1v) is 8.18. The average molecular weight is 392 g/mol. The summed E-state index contributed by atoms with van der Waals surface area (Å²) in [4.78, 5) is 0. The Bertz CT molecular complexity index is 432. The van der Waals surface area contributed by atoms with Gasteiger partial charge in [-0.3, -0.25) is 0 Å². The SMILES string of the molecule is COC1CCC(NCc2cc(Br)cc(Br)c2N)CC1. The molecule has 106 valence electrons. The first-order chi connectivity index (χ1) is 9.10. The van der Waals surface area contributed by atoms with Gasteiger partial charge in [-0.1, -0.05) is 15.9 Å². The number of hydrogen-bond acceptors (Lipinski definition) is 3. The van der Waals surface area contributed by atoms with Crippen LogP contribution in [0.3, 0.4) is 0 Å². The van der Waals surface area contributed by atoms with Crippen LogP contribution in [-0.2, 0) is 11.3 Å². The van der Waals surface area contributed by atoms with Crippen molar-refractivity contribution in [3.8, 4) is 0 Å². The van der Waals surface area contributed by atoms with Crippen LogP contribution in [0.2, 0.25) is 0 Å². The van der Waals surface area contributed by atoms with Crippen molar-refractivity contribution in [1.82, 2.24) is 5.32 Å². The van der Waals surface area contributed by atoms with E-state index in [-0.39, 0.29) is 0 Å². The molecule has 1 fully saturated rings. The van der Waals surface area contributed by atoms with Gasteiger partial charge in [0.15, 0.2) is 0 Å². The summed E-state index contributed by atoms with van der Waals surface area (Å²) in [6.45, 7) is 0.812. The van der Waals surface area contributed by atoms with Gasteiger partial charge < -0.3 is 15.8 Å². The van der Waals surface area contributed by atoms with E-state index in [1.54, 1.807) is 7.11 Å². The van der Waals surface area contributed by atoms with E-state index in [1.165, 1.54) is 12.8 Å². The summed E-state index contributed by atoms with van der Waals surface area (Å²) in [6.07, 6.45) is 5.09. The number of rotatable bonds is 4. The zero-order valence-electron chi connectivity index (χ0n) is 11.1. The molecule has 0 saturated heterocycles. The summed E-state index contributed by atoms with van der Waals surface area (Å²) < 4.78 is 7.39. The second-order valence-electron chi connectivity index (χ2n) is 5.05. The molecule has 1 aromatic rings. The lowest BCUT2D eigenvalue weighted by molar-refractivity contribution is 0.0624. The van der Waals surface area contributed by atoms with Crippen LogP contribution in [0.4, 0.5) is 5.69 Å². The minimum Gasteiger partial charge on any atom is -0.398 e. The summed E-state index contributed by atoms with van der Waals surface area (Å²) in [5, 5.41) is 3.60. The Balaban J connectivity index is 1.89. The molecule has 1 aliphatic rings. The topological polar surface area (TPSA) is 47.3 Å². The summed E-state index contributed by atoms with van der Waals surface area (Å²) in [6, 6.07) is 4.62. The maximum absolute atomic E-state index is 6.08. The molecule has 0 spiro atoms. The van der Waals surface area contributed by atoms with Crippen molar-refractivity contribution in [3.05, 3.63) is 26.6 Å². The van der Waals surface area contributed by atoms with Gasteiger partial charge in [0, 0.05) is 28.6 Å². The van der Waals surface area contributed by atoms with E-state index >= 15 is 0 Å². The number of ether oxygens (including phenoxy) is 1. The summed E-state index contributed by atoms with van der Waals surface area (Å²) >= 11 is 6.98. The smallest absolute Gasteiger partial charge is 0.0572 e. The standard InChI is InChI=1S/C14H20Br2N2O/c1-19-12-4-2-11(3-5-12)18-8-9-6-10(15)7-13(16)14(9)17/h6-7,11-12,18H,2-5,8,17H2,1H3. The summed E-state index contributed by atoms with van der Waals surface area (Å²) in [5.41, 5.74) is 8.04. The van der Waals surface area contributed by atoms with E-state index in [2.05, 4.69) is 43.2 Å². The van der Waals surface area contributed by atoms with E-state index in [1.807, 2.05) is 6.07 Å². The number of nitrogens with two attached hydrogens (primary N) is 1. The second-order valence-corrected chi connectivity index (χ2v) is 6.82. The molecule has 0 aromatic heterocycles. The normalized spacial score (nSPS) is 23.5. The van der Waals surface area contributed by atoms with E-state index < -0.39 is 0 Å². The fraction of sp³-hybridized carbons (Fsp3) is 0.571. The summed E-state index contributed by atoms with van der Waals surface area (Å²) in [5.74, 6) is 0. The quantitative estimate of drug-likeness (QED) is 0.766. The molecule has 0 atom stereocenters. The van der Waals surface area contributed by atoms with Gasteiger partial charge in [0.05, 0.1) is 11.8 Å². The molecule has 19 heavy (non-hydrogen) atoms. The van der Waals surface area contributed by atoms with Gasteiger partial charge in [-0.25, -0.2) is 0 Å². The van der Waals surface area contributed by atoms with Crippen molar-refractivity contribution in [1.29, 1.82) is 0 Å². The van der Waals surface area contributed by atoms with Gasteiger partial charge in [0.1, 0.15) is 0 Å². The van der Waals surface area contributed by atoms with Crippen molar-refractivity contribution in [2.24, 2.45) is 0 Å². The predicted octanol–water partition coefficient (Wildman–Crippen LogP) is 3.84. The monoisotopic (exact) mass is 390 g/mol. The highest BCUT2D eigenvalue weighted by atomic mass is 79.9. The van der Waals surface area contributed by atoms with Crippen molar-refractivity contribution >= 4 is 37.5 Å². The molecule has 0 radical (unpaired) electrons. The molecule has 3 N–H and O–H groups in total. The van der Waals surface area contributed by atoms with Crippen LogP contribution in [0, 0.1) is 0 Å². The Kier molecular flexibility index (Phi) is 5.69. The number of methoxy groups -OCH3 is 1. The molecule has 0 amide bonds. The number of halogens is 2. The van der Waals surface area contributed by atoms with E-state index in [4.69, 9.17) is 10.5 Å². The number of nitrogen functional groups attached to an aromatic ring is 1. The minimum atomic E-state index is 0.447. The van der Waals surface area contributed by atoms with E-state index in [0.29, 0.717) is 12.1 Å². The van der Waals surface area contributed by atoms with Crippen LogP contribution >= 0.6 is 31.9 Å². The van der Waals surface area contributed by atoms with Gasteiger partial charge in [-0.05, 0) is 59.3 Å². The highest BCUT2D eigenvalue weighted by molar-refractivity contribution is 9.11. The zero-order chi connectivity index (χ0) is 13.8. The fourth-order valence-corrected chi connectivity index (χ4v) is 3.85. The third-order valence-electron chi connectivity index (χ3n) is 3.77. The number of anilines is 1. The Hall–Kier alpha value is -0.100. The third-order valence-corrected chi connectivity index (χ3v) is 4.88. The lowest BCUT2D eigenvalue weighted by Gasteiger charge is -2.28. The molecular formula is C14H20Br2N2O. The van der Waals surface area contributed by atoms with Gasteiger partial charge in [-0.2, -0.15) is 0 Å². The van der Waals surface area contributed by atoms with E-state index in [9.17, 15) is 0 Å². The van der Waals surface area contributed by atoms with Crippen molar-refractivity contribution < 1.29 is 4.74 Å². The molecule has 0 heterocycles. The molecular weight excluding hydrogens is 372 g/mol. The summed E-state index contributed by atoms with van der Waals surface area (Å²) in [7, 11) is 1.80. The van der Waals surface area contributed by atoms with Gasteiger partial charge in [-0.15, -0.1) is 0 Å². The number of nitrogens with one attached hydrogen (secondary N) is 1. The number of benzene rings is 1. The highest BCUT2D eigenvalue weighted by Crippen LogP contribution is 2.28. The molecule has 2 rings (SSSR count). The zero-order valence-corrected chi connectivity index (χ0v) is 14.3. The van der Waals surface area contributed by atoms with Crippen molar-refractivity contribution in [2.45, 2.75) is 44.4 Å². The largest absolute Gasteiger partial charge is 0.398 e. The molecule has 1 aliphatic carbocycles. The first-order valence-electron chi connectivity index (χ1n) is 6.59. The van der Waals surface area contributed by atoms with Crippen LogP contribution in [0.5, 0.6) is 0 Å². The Morgan fingerprint density at radius 3 is 2.58 bits per heavy atom. The van der Waals surface area contributed by atoms with Gasteiger partial charge in [0.2, 0.25) is 0 Å². The Morgan fingerprint density at radius 1 is 1.26 bits per heavy atom. The molecule has 5 heteroatoms. The number of hydrogen-bond donors (Lipinski definition) is 2. The Labute approximate surface area is 131 Å². The second kappa shape index (κ2) is 7.07. The van der Waals surface area contributed by atoms with Crippen LogP contribution in [0.15, 0.2) is 21.1 Å². The predicted molar refractivity (Wildman–Crippen MR) is 86.1 cm³/mol. The van der Waals surface area contributed by atoms with E-state index in [0.717, 1.165) is 39.6 Å². The molecule has 1 aromatic carbocycles. The van der Waals surface area contributed by atoms with Crippen LogP contribution < -0.4 is 11.1 Å². The molecule has 1 saturated carbocycles. The first kappa shape index (κ1) is 15.3. The lowest BCUT2D eigenvalue weighted by atomic mass is 9.93.